The van der Waals surface area contributed by atoms with Crippen molar-refractivity contribution in [1.82, 2.24) is 4.90 Å². The van der Waals surface area contributed by atoms with E-state index in [1.54, 1.807) is 6.08 Å². The average molecular weight is 349 g/mol. The van der Waals surface area contributed by atoms with Gasteiger partial charge in [0.25, 0.3) is 11.1 Å². The van der Waals surface area contributed by atoms with E-state index >= 15 is 0 Å². The summed E-state index contributed by atoms with van der Waals surface area (Å²) >= 11 is 0.797. The maximum absolute atomic E-state index is 12.3. The summed E-state index contributed by atoms with van der Waals surface area (Å²) < 4.78 is 10.2. The lowest BCUT2D eigenvalue weighted by molar-refractivity contribution is -0.143. The molecule has 0 radical (unpaired) electrons. The van der Waals surface area contributed by atoms with E-state index in [0.29, 0.717) is 23.8 Å². The first-order valence-electron chi connectivity index (χ1n) is 7.46. The molecule has 0 aromatic heterocycles. The van der Waals surface area contributed by atoms with E-state index in [1.807, 2.05) is 38.1 Å². The molecule has 1 saturated heterocycles. The molecule has 6 nitrogen and oxygen atoms in total. The highest BCUT2D eigenvalue weighted by Crippen LogP contribution is 2.33. The third-order valence-electron chi connectivity index (χ3n) is 3.17. The second kappa shape index (κ2) is 8.01. The van der Waals surface area contributed by atoms with Crippen molar-refractivity contribution in [3.8, 4) is 5.75 Å². The maximum Gasteiger partial charge on any atom is 0.325 e. The van der Waals surface area contributed by atoms with Gasteiger partial charge in [-0.15, -0.1) is 0 Å². The van der Waals surface area contributed by atoms with Crippen LogP contribution in [0.25, 0.3) is 6.08 Å². The number of hydrogen-bond acceptors (Lipinski definition) is 6. The molecule has 1 fully saturated rings. The molecule has 1 heterocycles. The lowest BCUT2D eigenvalue weighted by Crippen LogP contribution is -2.34. The Morgan fingerprint density at radius 1 is 1.29 bits per heavy atom. The number of para-hydroxylation sites is 1. The Morgan fingerprint density at radius 2 is 2.00 bits per heavy atom. The largest absolute Gasteiger partial charge is 0.493 e. The minimum Gasteiger partial charge on any atom is -0.493 e. The van der Waals surface area contributed by atoms with E-state index < -0.39 is 17.1 Å². The van der Waals surface area contributed by atoms with Gasteiger partial charge >= 0.3 is 5.97 Å². The minimum absolute atomic E-state index is 0.254. The summed E-state index contributed by atoms with van der Waals surface area (Å²) in [4.78, 5) is 36.7. The zero-order valence-electron chi connectivity index (χ0n) is 13.8. The fraction of sp³-hybridized carbons (Fsp3) is 0.353. The number of hydrogen-bond donors (Lipinski definition) is 0. The highest BCUT2D eigenvalue weighted by molar-refractivity contribution is 8.18. The molecule has 2 amide bonds. The van der Waals surface area contributed by atoms with E-state index in [0.717, 1.165) is 16.7 Å². The van der Waals surface area contributed by atoms with Gasteiger partial charge in [0.05, 0.1) is 18.6 Å². The standard InChI is InChI=1S/C17H19NO5S/c1-11(2)10-23-13-7-5-4-6-12(13)8-14-16(20)18(17(21)24-14)9-15(19)22-3/h4-8,11H,9-10H2,1-3H3/b14-8+. The Labute approximate surface area is 144 Å². The molecule has 0 aliphatic carbocycles. The molecule has 2 rings (SSSR count). The Hall–Kier alpha value is -2.28. The fourth-order valence-corrected chi connectivity index (χ4v) is 2.79. The second-order valence-corrected chi connectivity index (χ2v) is 6.58. The van der Waals surface area contributed by atoms with Crippen LogP contribution in [0.3, 0.4) is 0 Å². The number of esters is 1. The third kappa shape index (κ3) is 4.38. The van der Waals surface area contributed by atoms with Gasteiger partial charge in [-0.05, 0) is 29.8 Å². The number of thioether (sulfide) groups is 1. The first kappa shape index (κ1) is 18.1. The summed E-state index contributed by atoms with van der Waals surface area (Å²) in [5.41, 5.74) is 0.710. The van der Waals surface area contributed by atoms with Crippen LogP contribution in [0, 0.1) is 5.92 Å². The number of imide groups is 1. The second-order valence-electron chi connectivity index (χ2n) is 5.59. The van der Waals surface area contributed by atoms with Crippen molar-refractivity contribution in [2.75, 3.05) is 20.3 Å². The summed E-state index contributed by atoms with van der Waals surface area (Å²) in [6.45, 7) is 4.25. The Kier molecular flexibility index (Phi) is 6.03. The quantitative estimate of drug-likeness (QED) is 0.581. The van der Waals surface area contributed by atoms with Crippen molar-refractivity contribution >= 4 is 35.0 Å². The smallest absolute Gasteiger partial charge is 0.325 e. The van der Waals surface area contributed by atoms with Gasteiger partial charge < -0.3 is 9.47 Å². The number of benzene rings is 1. The fourth-order valence-electron chi connectivity index (χ4n) is 1.96. The first-order chi connectivity index (χ1) is 11.4. The Morgan fingerprint density at radius 3 is 2.67 bits per heavy atom. The number of ether oxygens (including phenoxy) is 2. The van der Waals surface area contributed by atoms with Crippen molar-refractivity contribution in [2.24, 2.45) is 5.92 Å². The predicted octanol–water partition coefficient (Wildman–Crippen LogP) is 2.93. The topological polar surface area (TPSA) is 72.9 Å². The van der Waals surface area contributed by atoms with Crippen molar-refractivity contribution < 1.29 is 23.9 Å². The number of amides is 2. The third-order valence-corrected chi connectivity index (χ3v) is 4.07. The van der Waals surface area contributed by atoms with E-state index in [-0.39, 0.29) is 11.4 Å². The molecular formula is C17H19NO5S. The van der Waals surface area contributed by atoms with Crippen molar-refractivity contribution in [3.05, 3.63) is 34.7 Å². The van der Waals surface area contributed by atoms with Gasteiger partial charge in [0, 0.05) is 5.56 Å². The Balaban J connectivity index is 2.21. The highest BCUT2D eigenvalue weighted by atomic mass is 32.2. The van der Waals surface area contributed by atoms with Crippen LogP contribution in [0.5, 0.6) is 5.75 Å². The van der Waals surface area contributed by atoms with Crippen molar-refractivity contribution in [3.63, 3.8) is 0 Å². The average Bonchev–Trinajstić information content (AvgIpc) is 2.81. The molecule has 1 aliphatic heterocycles. The van der Waals surface area contributed by atoms with Crippen LogP contribution in [-0.2, 0) is 14.3 Å². The van der Waals surface area contributed by atoms with Crippen molar-refractivity contribution in [1.29, 1.82) is 0 Å². The Bertz CT molecular complexity index is 683. The van der Waals surface area contributed by atoms with Crippen LogP contribution in [0.2, 0.25) is 0 Å². The molecule has 24 heavy (non-hydrogen) atoms. The molecule has 128 valence electrons. The summed E-state index contributed by atoms with van der Waals surface area (Å²) in [5, 5.41) is -0.489. The van der Waals surface area contributed by atoms with Crippen LogP contribution in [-0.4, -0.2) is 42.3 Å². The van der Waals surface area contributed by atoms with Gasteiger partial charge in [0.1, 0.15) is 12.3 Å². The summed E-state index contributed by atoms with van der Waals surface area (Å²) in [7, 11) is 1.21. The van der Waals surface area contributed by atoms with Gasteiger partial charge in [-0.25, -0.2) is 0 Å². The van der Waals surface area contributed by atoms with E-state index in [4.69, 9.17) is 4.74 Å². The summed E-state index contributed by atoms with van der Waals surface area (Å²) in [5.74, 6) is -0.135. The highest BCUT2D eigenvalue weighted by Gasteiger charge is 2.36. The normalized spacial score (nSPS) is 16.2. The van der Waals surface area contributed by atoms with Gasteiger partial charge in [0.15, 0.2) is 0 Å². The molecule has 0 atom stereocenters. The zero-order chi connectivity index (χ0) is 17.7. The van der Waals surface area contributed by atoms with Crippen LogP contribution in [0.15, 0.2) is 29.2 Å². The monoisotopic (exact) mass is 349 g/mol. The molecule has 0 spiro atoms. The van der Waals surface area contributed by atoms with Crippen LogP contribution in [0.4, 0.5) is 4.79 Å². The van der Waals surface area contributed by atoms with Crippen LogP contribution < -0.4 is 4.74 Å². The van der Waals surface area contributed by atoms with E-state index in [9.17, 15) is 14.4 Å². The number of nitrogens with zero attached hydrogens (tertiary/aromatic N) is 1. The molecular weight excluding hydrogens is 330 g/mol. The molecule has 0 bridgehead atoms. The number of carbonyl (C=O) groups excluding carboxylic acids is 3. The van der Waals surface area contributed by atoms with E-state index in [1.165, 1.54) is 7.11 Å². The lowest BCUT2D eigenvalue weighted by Gasteiger charge is -2.11. The van der Waals surface area contributed by atoms with Crippen LogP contribution in [0.1, 0.15) is 19.4 Å². The van der Waals surface area contributed by atoms with Gasteiger partial charge in [0.2, 0.25) is 0 Å². The first-order valence-corrected chi connectivity index (χ1v) is 8.28. The summed E-state index contributed by atoms with van der Waals surface area (Å²) in [6, 6.07) is 7.29. The molecule has 1 aromatic carbocycles. The van der Waals surface area contributed by atoms with Gasteiger partial charge in [-0.2, -0.15) is 0 Å². The van der Waals surface area contributed by atoms with E-state index in [2.05, 4.69) is 4.74 Å². The maximum atomic E-state index is 12.3. The molecule has 1 aliphatic rings. The SMILES string of the molecule is COC(=O)CN1C(=O)S/C(=C/c2ccccc2OCC(C)C)C1=O. The number of rotatable bonds is 6. The molecule has 1 aromatic rings. The predicted molar refractivity (Wildman–Crippen MR) is 91.5 cm³/mol. The summed E-state index contributed by atoms with van der Waals surface area (Å²) in [6.07, 6.45) is 1.61. The molecule has 0 saturated carbocycles. The molecule has 0 N–H and O–H groups in total. The van der Waals surface area contributed by atoms with Gasteiger partial charge in [-0.1, -0.05) is 32.0 Å². The zero-order valence-corrected chi connectivity index (χ0v) is 14.6. The minimum atomic E-state index is -0.640. The number of methoxy groups -OCH3 is 1. The molecule has 0 unspecified atom stereocenters. The van der Waals surface area contributed by atoms with Crippen LogP contribution >= 0.6 is 11.8 Å². The lowest BCUT2D eigenvalue weighted by atomic mass is 10.1. The molecule has 7 heteroatoms. The number of carbonyl (C=O) groups is 3. The van der Waals surface area contributed by atoms with Crippen molar-refractivity contribution in [2.45, 2.75) is 13.8 Å². The van der Waals surface area contributed by atoms with Gasteiger partial charge in [-0.3, -0.25) is 19.3 Å².